The summed E-state index contributed by atoms with van der Waals surface area (Å²) in [7, 11) is 1.92. The van der Waals surface area contributed by atoms with Crippen molar-refractivity contribution in [3.8, 4) is 11.5 Å². The Labute approximate surface area is 93.1 Å². The monoisotopic (exact) mass is 219 g/mol. The van der Waals surface area contributed by atoms with E-state index in [0.29, 0.717) is 17.4 Å². The molecule has 0 unspecified atom stereocenters. The van der Waals surface area contributed by atoms with Crippen molar-refractivity contribution in [1.29, 1.82) is 0 Å². The third-order valence-corrected chi connectivity index (χ3v) is 2.08. The van der Waals surface area contributed by atoms with Gasteiger partial charge in [0.1, 0.15) is 5.69 Å². The van der Waals surface area contributed by atoms with Gasteiger partial charge in [-0.3, -0.25) is 4.98 Å². The minimum absolute atomic E-state index is 0.493. The fourth-order valence-electron chi connectivity index (χ4n) is 1.29. The molecule has 2 aromatic heterocycles. The van der Waals surface area contributed by atoms with E-state index in [1.807, 2.05) is 7.05 Å². The van der Waals surface area contributed by atoms with Gasteiger partial charge in [0, 0.05) is 18.8 Å². The highest BCUT2D eigenvalue weighted by molar-refractivity contribution is 5.45. The van der Waals surface area contributed by atoms with Crippen LogP contribution in [0.5, 0.6) is 0 Å². The number of rotatable bonds is 5. The van der Waals surface area contributed by atoms with E-state index in [4.69, 9.17) is 4.52 Å². The van der Waals surface area contributed by atoms with Gasteiger partial charge in [0.05, 0.1) is 6.20 Å². The molecule has 16 heavy (non-hydrogen) atoms. The van der Waals surface area contributed by atoms with E-state index in [1.165, 1.54) is 0 Å². The minimum atomic E-state index is 0.493. The first-order valence-corrected chi connectivity index (χ1v) is 5.13. The van der Waals surface area contributed by atoms with Crippen LogP contribution in [0.15, 0.2) is 23.1 Å². The molecule has 0 fully saturated rings. The molecular formula is C10H13N5O. The lowest BCUT2D eigenvalue weighted by Crippen LogP contribution is -2.08. The second kappa shape index (κ2) is 5.32. The van der Waals surface area contributed by atoms with Crippen molar-refractivity contribution in [2.24, 2.45) is 0 Å². The summed E-state index contributed by atoms with van der Waals surface area (Å²) in [6.07, 6.45) is 6.57. The Bertz CT molecular complexity index is 428. The molecule has 0 spiro atoms. The fraction of sp³-hybridized carbons (Fsp3) is 0.400. The molecule has 0 aliphatic rings. The topological polar surface area (TPSA) is 76.7 Å². The van der Waals surface area contributed by atoms with Crippen molar-refractivity contribution in [3.05, 3.63) is 24.5 Å². The number of aromatic nitrogens is 4. The predicted molar refractivity (Wildman–Crippen MR) is 57.6 cm³/mol. The molecule has 2 aromatic rings. The summed E-state index contributed by atoms with van der Waals surface area (Å²) in [5.74, 6) is 1.13. The lowest BCUT2D eigenvalue weighted by molar-refractivity contribution is 0.375. The van der Waals surface area contributed by atoms with Crippen LogP contribution in [-0.2, 0) is 6.42 Å². The SMILES string of the molecule is CNCCCc1nc(-c2cnccn2)no1. The Kier molecular flexibility index (Phi) is 3.55. The van der Waals surface area contributed by atoms with Crippen molar-refractivity contribution in [3.63, 3.8) is 0 Å². The van der Waals surface area contributed by atoms with Gasteiger partial charge in [-0.1, -0.05) is 5.16 Å². The molecule has 0 saturated heterocycles. The van der Waals surface area contributed by atoms with Crippen molar-refractivity contribution >= 4 is 0 Å². The van der Waals surface area contributed by atoms with Crippen molar-refractivity contribution in [2.45, 2.75) is 12.8 Å². The van der Waals surface area contributed by atoms with Gasteiger partial charge in [0.2, 0.25) is 11.7 Å². The van der Waals surface area contributed by atoms with Gasteiger partial charge < -0.3 is 9.84 Å². The standard InChI is InChI=1S/C10H13N5O/c1-11-4-2-3-9-14-10(15-16-9)8-7-12-5-6-13-8/h5-7,11H,2-4H2,1H3. The molecule has 6 nitrogen and oxygen atoms in total. The average molecular weight is 219 g/mol. The molecule has 0 radical (unpaired) electrons. The molecule has 0 aliphatic heterocycles. The summed E-state index contributed by atoms with van der Waals surface area (Å²) < 4.78 is 5.11. The Balaban J connectivity index is 2.02. The Hall–Kier alpha value is -1.82. The van der Waals surface area contributed by atoms with Crippen molar-refractivity contribution in [2.75, 3.05) is 13.6 Å². The van der Waals surface area contributed by atoms with E-state index in [-0.39, 0.29) is 0 Å². The lowest BCUT2D eigenvalue weighted by Gasteiger charge is -1.93. The molecule has 2 rings (SSSR count). The van der Waals surface area contributed by atoms with Gasteiger partial charge >= 0.3 is 0 Å². The highest BCUT2D eigenvalue weighted by atomic mass is 16.5. The predicted octanol–water partition coefficient (Wildman–Crippen LogP) is 0.679. The van der Waals surface area contributed by atoms with E-state index < -0.39 is 0 Å². The average Bonchev–Trinajstić information content (AvgIpc) is 2.79. The normalized spacial score (nSPS) is 10.6. The molecule has 0 bridgehead atoms. The number of nitrogens with zero attached hydrogens (tertiary/aromatic N) is 4. The summed E-state index contributed by atoms with van der Waals surface area (Å²) in [4.78, 5) is 12.3. The van der Waals surface area contributed by atoms with Crippen LogP contribution in [0.4, 0.5) is 0 Å². The molecule has 0 atom stereocenters. The number of nitrogens with one attached hydrogen (secondary N) is 1. The quantitative estimate of drug-likeness (QED) is 0.745. The molecule has 0 saturated carbocycles. The van der Waals surface area contributed by atoms with Crippen molar-refractivity contribution in [1.82, 2.24) is 25.4 Å². The Morgan fingerprint density at radius 3 is 3.06 bits per heavy atom. The molecule has 0 aliphatic carbocycles. The van der Waals surface area contributed by atoms with Gasteiger partial charge in [-0.05, 0) is 20.0 Å². The summed E-state index contributed by atoms with van der Waals surface area (Å²) in [6, 6.07) is 0. The molecule has 84 valence electrons. The molecule has 0 aromatic carbocycles. The Morgan fingerprint density at radius 2 is 2.31 bits per heavy atom. The van der Waals surface area contributed by atoms with Crippen LogP contribution in [0.3, 0.4) is 0 Å². The van der Waals surface area contributed by atoms with Gasteiger partial charge in [-0.15, -0.1) is 0 Å². The van der Waals surface area contributed by atoms with Crippen LogP contribution >= 0.6 is 0 Å². The fourth-order valence-corrected chi connectivity index (χ4v) is 1.29. The maximum atomic E-state index is 5.11. The zero-order chi connectivity index (χ0) is 11.2. The highest BCUT2D eigenvalue weighted by Gasteiger charge is 2.08. The van der Waals surface area contributed by atoms with E-state index in [2.05, 4.69) is 25.4 Å². The number of aryl methyl sites for hydroxylation is 1. The van der Waals surface area contributed by atoms with Crippen molar-refractivity contribution < 1.29 is 4.52 Å². The maximum Gasteiger partial charge on any atom is 0.227 e. The van der Waals surface area contributed by atoms with Crippen LogP contribution < -0.4 is 5.32 Å². The molecule has 0 amide bonds. The number of hydrogen-bond acceptors (Lipinski definition) is 6. The first kappa shape index (κ1) is 10.7. The zero-order valence-corrected chi connectivity index (χ0v) is 9.05. The van der Waals surface area contributed by atoms with E-state index >= 15 is 0 Å². The van der Waals surface area contributed by atoms with Gasteiger partial charge in [0.25, 0.3) is 0 Å². The molecule has 2 heterocycles. The van der Waals surface area contributed by atoms with Gasteiger partial charge in [0.15, 0.2) is 0 Å². The van der Waals surface area contributed by atoms with E-state index in [9.17, 15) is 0 Å². The maximum absolute atomic E-state index is 5.11. The summed E-state index contributed by atoms with van der Waals surface area (Å²) in [5.41, 5.74) is 0.631. The first-order chi connectivity index (χ1) is 7.90. The zero-order valence-electron chi connectivity index (χ0n) is 9.05. The van der Waals surface area contributed by atoms with Crippen LogP contribution in [0.25, 0.3) is 11.5 Å². The Morgan fingerprint density at radius 1 is 1.38 bits per heavy atom. The minimum Gasteiger partial charge on any atom is -0.339 e. The van der Waals surface area contributed by atoms with Crippen LogP contribution in [0.1, 0.15) is 12.3 Å². The first-order valence-electron chi connectivity index (χ1n) is 5.13. The van der Waals surface area contributed by atoms with Crippen LogP contribution in [0.2, 0.25) is 0 Å². The third kappa shape index (κ3) is 2.60. The second-order valence-corrected chi connectivity index (χ2v) is 3.31. The number of hydrogen-bond donors (Lipinski definition) is 1. The van der Waals surface area contributed by atoms with Gasteiger partial charge in [-0.25, -0.2) is 4.98 Å². The summed E-state index contributed by atoms with van der Waals surface area (Å²) in [6.45, 7) is 0.933. The van der Waals surface area contributed by atoms with E-state index in [1.54, 1.807) is 18.6 Å². The third-order valence-electron chi connectivity index (χ3n) is 2.08. The molecule has 1 N–H and O–H groups in total. The lowest BCUT2D eigenvalue weighted by atomic mass is 10.3. The molecule has 6 heteroatoms. The van der Waals surface area contributed by atoms with Crippen LogP contribution in [0, 0.1) is 0 Å². The van der Waals surface area contributed by atoms with Gasteiger partial charge in [-0.2, -0.15) is 4.98 Å². The van der Waals surface area contributed by atoms with E-state index in [0.717, 1.165) is 19.4 Å². The smallest absolute Gasteiger partial charge is 0.227 e. The largest absolute Gasteiger partial charge is 0.339 e. The highest BCUT2D eigenvalue weighted by Crippen LogP contribution is 2.11. The summed E-state index contributed by atoms with van der Waals surface area (Å²) in [5, 5.41) is 6.92. The summed E-state index contributed by atoms with van der Waals surface area (Å²) >= 11 is 0. The van der Waals surface area contributed by atoms with Crippen LogP contribution in [-0.4, -0.2) is 33.7 Å². The second-order valence-electron chi connectivity index (χ2n) is 3.31. The molecular weight excluding hydrogens is 206 g/mol.